The van der Waals surface area contributed by atoms with Gasteiger partial charge in [0.25, 0.3) is 5.91 Å². The lowest BCUT2D eigenvalue weighted by atomic mass is 9.89. The van der Waals surface area contributed by atoms with Gasteiger partial charge in [0.15, 0.2) is 11.4 Å². The van der Waals surface area contributed by atoms with Crippen molar-refractivity contribution in [2.45, 2.75) is 37.7 Å². The number of Topliss-reactive ketones (excluding diaryl/α,β-unsaturated/α-hetero) is 1. The molecule has 1 fully saturated rings. The highest BCUT2D eigenvalue weighted by Gasteiger charge is 2.51. The van der Waals surface area contributed by atoms with Crippen LogP contribution in [0.25, 0.3) is 0 Å². The van der Waals surface area contributed by atoms with Crippen molar-refractivity contribution in [2.24, 2.45) is 0 Å². The molecule has 1 atom stereocenters. The van der Waals surface area contributed by atoms with Gasteiger partial charge in [-0.2, -0.15) is 0 Å². The van der Waals surface area contributed by atoms with E-state index in [1.54, 1.807) is 35.2 Å². The van der Waals surface area contributed by atoms with E-state index in [0.29, 0.717) is 17.9 Å². The first kappa shape index (κ1) is 18.8. The fourth-order valence-corrected chi connectivity index (χ4v) is 4.15. The molecule has 6 heteroatoms. The molecule has 4 rings (SSSR count). The SMILES string of the molecule is O=C(C[C@]1(O)C(=O)N(CN2CCCCCC2)c2ccccc21)c1ccccn1. The highest BCUT2D eigenvalue weighted by molar-refractivity contribution is 6.10. The van der Waals surface area contributed by atoms with Gasteiger partial charge >= 0.3 is 0 Å². The number of rotatable bonds is 5. The number of aliphatic hydroxyl groups is 1. The lowest BCUT2D eigenvalue weighted by Gasteiger charge is -2.28. The molecule has 28 heavy (non-hydrogen) atoms. The Morgan fingerprint density at radius 1 is 1.04 bits per heavy atom. The van der Waals surface area contributed by atoms with Crippen molar-refractivity contribution in [1.29, 1.82) is 0 Å². The van der Waals surface area contributed by atoms with E-state index in [9.17, 15) is 14.7 Å². The fourth-order valence-electron chi connectivity index (χ4n) is 4.15. The molecule has 0 aliphatic carbocycles. The monoisotopic (exact) mass is 379 g/mol. The van der Waals surface area contributed by atoms with Crippen molar-refractivity contribution in [3.8, 4) is 0 Å². The quantitative estimate of drug-likeness (QED) is 0.809. The van der Waals surface area contributed by atoms with Crippen LogP contribution < -0.4 is 4.90 Å². The Balaban J connectivity index is 1.61. The van der Waals surface area contributed by atoms with E-state index in [2.05, 4.69) is 9.88 Å². The maximum absolute atomic E-state index is 13.3. The molecule has 3 heterocycles. The lowest BCUT2D eigenvalue weighted by Crippen LogP contribution is -2.46. The molecule has 146 valence electrons. The molecule has 0 unspecified atom stereocenters. The Labute approximate surface area is 164 Å². The van der Waals surface area contributed by atoms with Crippen LogP contribution in [-0.4, -0.2) is 46.4 Å². The summed E-state index contributed by atoms with van der Waals surface area (Å²) in [5.41, 5.74) is -0.406. The Morgan fingerprint density at radius 3 is 2.46 bits per heavy atom. The molecular weight excluding hydrogens is 354 g/mol. The highest BCUT2D eigenvalue weighted by Crippen LogP contribution is 2.42. The first-order valence-electron chi connectivity index (χ1n) is 9.90. The first-order chi connectivity index (χ1) is 13.6. The summed E-state index contributed by atoms with van der Waals surface area (Å²) < 4.78 is 0. The second-order valence-corrected chi connectivity index (χ2v) is 7.60. The standard InChI is InChI=1S/C22H25N3O3/c26-20(18-10-5-6-12-23-18)15-22(28)17-9-3-4-11-19(17)25(21(22)27)16-24-13-7-1-2-8-14-24/h3-6,9-12,28H,1-2,7-8,13-16H2/t22-/m1/s1. The second kappa shape index (κ2) is 7.81. The number of carbonyl (C=O) groups excluding carboxylic acids is 2. The van der Waals surface area contributed by atoms with Gasteiger partial charge in [-0.15, -0.1) is 0 Å². The van der Waals surface area contributed by atoms with E-state index >= 15 is 0 Å². The number of anilines is 1. The van der Waals surface area contributed by atoms with Crippen molar-refractivity contribution >= 4 is 17.4 Å². The van der Waals surface area contributed by atoms with E-state index in [0.717, 1.165) is 25.9 Å². The third-order valence-electron chi connectivity index (χ3n) is 5.65. The zero-order valence-corrected chi connectivity index (χ0v) is 15.9. The van der Waals surface area contributed by atoms with Gasteiger partial charge in [0.2, 0.25) is 0 Å². The molecule has 2 aliphatic heterocycles. The molecule has 1 N–H and O–H groups in total. The molecule has 2 aromatic rings. The predicted molar refractivity (Wildman–Crippen MR) is 106 cm³/mol. The average Bonchev–Trinajstić information content (AvgIpc) is 2.91. The van der Waals surface area contributed by atoms with Crippen LogP contribution in [-0.2, 0) is 10.4 Å². The zero-order chi connectivity index (χ0) is 19.6. The van der Waals surface area contributed by atoms with Crippen molar-refractivity contribution in [2.75, 3.05) is 24.7 Å². The second-order valence-electron chi connectivity index (χ2n) is 7.60. The molecule has 0 spiro atoms. The maximum Gasteiger partial charge on any atom is 0.265 e. The van der Waals surface area contributed by atoms with Crippen LogP contribution in [0.3, 0.4) is 0 Å². The van der Waals surface area contributed by atoms with Crippen molar-refractivity contribution in [3.05, 3.63) is 59.9 Å². The molecular formula is C22H25N3O3. The molecule has 0 bridgehead atoms. The van der Waals surface area contributed by atoms with Gasteiger partial charge in [-0.3, -0.25) is 24.4 Å². The summed E-state index contributed by atoms with van der Waals surface area (Å²) in [5, 5.41) is 11.3. The minimum Gasteiger partial charge on any atom is -0.375 e. The molecule has 0 saturated carbocycles. The van der Waals surface area contributed by atoms with Crippen LogP contribution >= 0.6 is 0 Å². The number of nitrogens with zero attached hydrogens (tertiary/aromatic N) is 3. The number of hydrogen-bond donors (Lipinski definition) is 1. The van der Waals surface area contributed by atoms with Crippen molar-refractivity contribution in [3.63, 3.8) is 0 Å². The largest absolute Gasteiger partial charge is 0.375 e. The summed E-state index contributed by atoms with van der Waals surface area (Å²) in [7, 11) is 0. The summed E-state index contributed by atoms with van der Waals surface area (Å²) in [5.74, 6) is -0.773. The normalized spacial score (nSPS) is 22.8. The van der Waals surface area contributed by atoms with Crippen LogP contribution in [0.1, 0.15) is 48.2 Å². The Bertz CT molecular complexity index is 862. The van der Waals surface area contributed by atoms with E-state index < -0.39 is 11.5 Å². The molecule has 0 radical (unpaired) electrons. The number of aromatic nitrogens is 1. The number of ketones is 1. The van der Waals surface area contributed by atoms with Crippen LogP contribution in [0.15, 0.2) is 48.7 Å². The number of fused-ring (bicyclic) bond motifs is 1. The number of amides is 1. The van der Waals surface area contributed by atoms with Crippen molar-refractivity contribution < 1.29 is 14.7 Å². The van der Waals surface area contributed by atoms with E-state index in [1.165, 1.54) is 19.0 Å². The smallest absolute Gasteiger partial charge is 0.265 e. The summed E-state index contributed by atoms with van der Waals surface area (Å²) in [4.78, 5) is 33.9. The van der Waals surface area contributed by atoms with Gasteiger partial charge < -0.3 is 5.11 Å². The Hall–Kier alpha value is -2.57. The van der Waals surface area contributed by atoms with Gasteiger partial charge in [-0.05, 0) is 44.1 Å². The van der Waals surface area contributed by atoms with Gasteiger partial charge in [0, 0.05) is 11.8 Å². The minimum atomic E-state index is -1.85. The zero-order valence-electron chi connectivity index (χ0n) is 15.9. The summed E-state index contributed by atoms with van der Waals surface area (Å²) in [6.07, 6.45) is 5.88. The van der Waals surface area contributed by atoms with E-state index in [4.69, 9.17) is 0 Å². The van der Waals surface area contributed by atoms with E-state index in [-0.39, 0.29) is 17.9 Å². The maximum atomic E-state index is 13.3. The number of likely N-dealkylation sites (tertiary alicyclic amines) is 1. The average molecular weight is 379 g/mol. The third kappa shape index (κ3) is 3.45. The molecule has 6 nitrogen and oxygen atoms in total. The van der Waals surface area contributed by atoms with Crippen LogP contribution in [0.5, 0.6) is 0 Å². The Kier molecular flexibility index (Phi) is 5.24. The summed E-state index contributed by atoms with van der Waals surface area (Å²) >= 11 is 0. The molecule has 1 aromatic carbocycles. The summed E-state index contributed by atoms with van der Waals surface area (Å²) in [6, 6.07) is 12.3. The van der Waals surface area contributed by atoms with Crippen molar-refractivity contribution in [1.82, 2.24) is 9.88 Å². The van der Waals surface area contributed by atoms with Gasteiger partial charge in [-0.25, -0.2) is 0 Å². The molecule has 1 amide bonds. The highest BCUT2D eigenvalue weighted by atomic mass is 16.3. The fraction of sp³-hybridized carbons (Fsp3) is 0.409. The minimum absolute atomic E-state index is 0.257. The summed E-state index contributed by atoms with van der Waals surface area (Å²) in [6.45, 7) is 2.32. The van der Waals surface area contributed by atoms with Crippen LogP contribution in [0, 0.1) is 0 Å². The number of benzene rings is 1. The van der Waals surface area contributed by atoms with Gasteiger partial charge in [0.1, 0.15) is 5.69 Å². The van der Waals surface area contributed by atoms with Gasteiger partial charge in [0.05, 0.1) is 18.8 Å². The molecule has 1 aromatic heterocycles. The Morgan fingerprint density at radius 2 is 1.75 bits per heavy atom. The topological polar surface area (TPSA) is 73.7 Å². The van der Waals surface area contributed by atoms with Gasteiger partial charge in [-0.1, -0.05) is 37.1 Å². The van der Waals surface area contributed by atoms with E-state index in [1.807, 2.05) is 12.1 Å². The number of hydrogen-bond acceptors (Lipinski definition) is 5. The predicted octanol–water partition coefficient (Wildman–Crippen LogP) is 2.72. The third-order valence-corrected chi connectivity index (χ3v) is 5.65. The van der Waals surface area contributed by atoms with Crippen LogP contribution in [0.2, 0.25) is 0 Å². The van der Waals surface area contributed by atoms with Crippen LogP contribution in [0.4, 0.5) is 5.69 Å². The molecule has 1 saturated heterocycles. The first-order valence-corrected chi connectivity index (χ1v) is 9.90. The lowest BCUT2D eigenvalue weighted by molar-refractivity contribution is -0.136. The number of para-hydroxylation sites is 1. The molecule has 2 aliphatic rings. The number of carbonyl (C=O) groups is 2. The number of pyridine rings is 1.